The van der Waals surface area contributed by atoms with Gasteiger partial charge in [-0.25, -0.2) is 4.39 Å². The molecule has 0 amide bonds. The minimum atomic E-state index is -0.535. The summed E-state index contributed by atoms with van der Waals surface area (Å²) in [5.41, 5.74) is 1.66. The fourth-order valence-corrected chi connectivity index (χ4v) is 5.31. The predicted octanol–water partition coefficient (Wildman–Crippen LogP) is 3.80. The van der Waals surface area contributed by atoms with E-state index in [-0.39, 0.29) is 34.8 Å². The van der Waals surface area contributed by atoms with Gasteiger partial charge in [0.2, 0.25) is 0 Å². The predicted molar refractivity (Wildman–Crippen MR) is 125 cm³/mol. The zero-order valence-corrected chi connectivity index (χ0v) is 19.6. The van der Waals surface area contributed by atoms with Gasteiger partial charge in [0.15, 0.2) is 5.78 Å². The van der Waals surface area contributed by atoms with Crippen LogP contribution in [0.3, 0.4) is 0 Å². The van der Waals surface area contributed by atoms with E-state index in [9.17, 15) is 14.0 Å². The number of ether oxygens (including phenoxy) is 1. The molecule has 2 saturated heterocycles. The van der Waals surface area contributed by atoms with Gasteiger partial charge >= 0.3 is 5.97 Å². The zero-order chi connectivity index (χ0) is 22.7. The SMILES string of the molecule is COC(=O)C[C@@H]1CCCN1C/C=C1\CN(C(C(=O)C2CC2)c2ccccc2F)CCC1S. The molecule has 3 fully saturated rings. The van der Waals surface area contributed by atoms with Crippen LogP contribution in [0, 0.1) is 11.7 Å². The molecule has 1 aromatic rings. The molecule has 5 nitrogen and oxygen atoms in total. The summed E-state index contributed by atoms with van der Waals surface area (Å²) in [5.74, 6) is -0.279. The summed E-state index contributed by atoms with van der Waals surface area (Å²) in [6.45, 7) is 3.05. The van der Waals surface area contributed by atoms with Crippen molar-refractivity contribution in [2.24, 2.45) is 5.92 Å². The fourth-order valence-electron chi connectivity index (χ4n) is 5.01. The van der Waals surface area contributed by atoms with Crippen molar-refractivity contribution in [3.8, 4) is 0 Å². The zero-order valence-electron chi connectivity index (χ0n) is 18.7. The van der Waals surface area contributed by atoms with Gasteiger partial charge in [0.25, 0.3) is 0 Å². The number of hydrogen-bond donors (Lipinski definition) is 1. The number of halogens is 1. The second-order valence-electron chi connectivity index (χ2n) is 9.23. The molecule has 3 atom stereocenters. The number of Topliss-reactive ketones (excluding diaryl/α,β-unsaturated/α-hetero) is 1. The molecule has 32 heavy (non-hydrogen) atoms. The summed E-state index contributed by atoms with van der Waals surface area (Å²) in [4.78, 5) is 29.4. The number of thiol groups is 1. The van der Waals surface area contributed by atoms with Crippen molar-refractivity contribution < 1.29 is 18.7 Å². The van der Waals surface area contributed by atoms with Crippen LogP contribution in [0.2, 0.25) is 0 Å². The molecule has 4 rings (SSSR count). The number of rotatable bonds is 8. The van der Waals surface area contributed by atoms with Gasteiger partial charge in [-0.2, -0.15) is 12.6 Å². The molecule has 174 valence electrons. The van der Waals surface area contributed by atoms with Crippen LogP contribution in [0.15, 0.2) is 35.9 Å². The van der Waals surface area contributed by atoms with E-state index in [2.05, 4.69) is 15.9 Å². The van der Waals surface area contributed by atoms with E-state index in [0.29, 0.717) is 18.5 Å². The number of carbonyl (C=O) groups is 2. The van der Waals surface area contributed by atoms with Crippen LogP contribution in [0.25, 0.3) is 0 Å². The molecule has 0 N–H and O–H groups in total. The molecule has 0 bridgehead atoms. The summed E-state index contributed by atoms with van der Waals surface area (Å²) in [5, 5.41) is 0.130. The highest BCUT2D eigenvalue weighted by Crippen LogP contribution is 2.39. The molecule has 0 aromatic heterocycles. The van der Waals surface area contributed by atoms with Crippen LogP contribution in [-0.4, -0.2) is 66.1 Å². The number of ketones is 1. The Morgan fingerprint density at radius 2 is 2.00 bits per heavy atom. The summed E-state index contributed by atoms with van der Waals surface area (Å²) in [6.07, 6.45) is 7.34. The molecular weight excluding hydrogens is 427 g/mol. The molecule has 2 aliphatic heterocycles. The molecule has 3 aliphatic rings. The van der Waals surface area contributed by atoms with Crippen molar-refractivity contribution in [3.05, 3.63) is 47.3 Å². The van der Waals surface area contributed by atoms with Crippen molar-refractivity contribution in [1.82, 2.24) is 9.80 Å². The van der Waals surface area contributed by atoms with Gasteiger partial charge in [-0.1, -0.05) is 24.3 Å². The van der Waals surface area contributed by atoms with Crippen LogP contribution in [-0.2, 0) is 14.3 Å². The van der Waals surface area contributed by atoms with Gasteiger partial charge in [-0.15, -0.1) is 0 Å². The smallest absolute Gasteiger partial charge is 0.307 e. The Labute approximate surface area is 195 Å². The Hall–Kier alpha value is -1.70. The number of esters is 1. The molecular formula is C25H33FN2O3S. The third kappa shape index (κ3) is 5.43. The summed E-state index contributed by atoms with van der Waals surface area (Å²) in [7, 11) is 1.43. The summed E-state index contributed by atoms with van der Waals surface area (Å²) in [6, 6.07) is 6.34. The fraction of sp³-hybridized carbons (Fsp3) is 0.600. The highest BCUT2D eigenvalue weighted by molar-refractivity contribution is 7.81. The third-order valence-corrected chi connectivity index (χ3v) is 7.62. The van der Waals surface area contributed by atoms with E-state index in [4.69, 9.17) is 17.4 Å². The summed E-state index contributed by atoms with van der Waals surface area (Å²) >= 11 is 4.80. The molecule has 2 heterocycles. The average Bonchev–Trinajstić information content (AvgIpc) is 3.55. The maximum absolute atomic E-state index is 14.7. The first kappa shape index (κ1) is 23.5. The second kappa shape index (κ2) is 10.5. The lowest BCUT2D eigenvalue weighted by molar-refractivity contribution is -0.141. The van der Waals surface area contributed by atoms with E-state index >= 15 is 0 Å². The van der Waals surface area contributed by atoms with Crippen molar-refractivity contribution in [1.29, 1.82) is 0 Å². The first-order valence-corrected chi connectivity index (χ1v) is 12.2. The van der Waals surface area contributed by atoms with Gasteiger partial charge in [-0.3, -0.25) is 19.4 Å². The first-order chi connectivity index (χ1) is 15.5. The van der Waals surface area contributed by atoms with Crippen molar-refractivity contribution >= 4 is 24.4 Å². The normalized spacial score (nSPS) is 26.9. The van der Waals surface area contributed by atoms with E-state index in [1.54, 1.807) is 12.1 Å². The standard InChI is InChI=1S/C25H33FN2O3S/c1-31-23(29)15-19-5-4-12-27(19)13-10-18-16-28(14-11-22(18)32)24(25(30)17-8-9-17)20-6-2-3-7-21(20)26/h2-3,6-7,10,17,19,22,24,32H,4-5,8-9,11-16H2,1H3/b18-10+/t19-,22?,24?/m0/s1. The number of piperidine rings is 1. The van der Waals surface area contributed by atoms with E-state index in [1.807, 2.05) is 6.07 Å². The van der Waals surface area contributed by atoms with E-state index in [1.165, 1.54) is 18.7 Å². The first-order valence-electron chi connectivity index (χ1n) is 11.7. The highest BCUT2D eigenvalue weighted by atomic mass is 32.1. The number of carbonyl (C=O) groups excluding carboxylic acids is 2. The Kier molecular flexibility index (Phi) is 7.69. The molecule has 2 unspecified atom stereocenters. The Morgan fingerprint density at radius 3 is 2.72 bits per heavy atom. The van der Waals surface area contributed by atoms with Crippen molar-refractivity contribution in [2.45, 2.75) is 55.9 Å². The van der Waals surface area contributed by atoms with Crippen molar-refractivity contribution in [3.63, 3.8) is 0 Å². The van der Waals surface area contributed by atoms with Crippen LogP contribution in [0.4, 0.5) is 4.39 Å². The summed E-state index contributed by atoms with van der Waals surface area (Å²) < 4.78 is 19.5. The average molecular weight is 461 g/mol. The lowest BCUT2D eigenvalue weighted by Gasteiger charge is -2.38. The minimum Gasteiger partial charge on any atom is -0.469 e. The number of nitrogens with zero attached hydrogens (tertiary/aromatic N) is 2. The van der Waals surface area contributed by atoms with Crippen LogP contribution >= 0.6 is 12.6 Å². The molecule has 7 heteroatoms. The number of benzene rings is 1. The minimum absolute atomic E-state index is 0.0597. The van der Waals surface area contributed by atoms with Crippen LogP contribution < -0.4 is 0 Å². The number of hydrogen-bond acceptors (Lipinski definition) is 6. The molecule has 1 aliphatic carbocycles. The number of likely N-dealkylation sites (tertiary alicyclic amines) is 2. The third-order valence-electron chi connectivity index (χ3n) is 7.03. The topological polar surface area (TPSA) is 49.9 Å². The van der Waals surface area contributed by atoms with Crippen molar-refractivity contribution in [2.75, 3.05) is 33.3 Å². The highest BCUT2D eigenvalue weighted by Gasteiger charge is 2.41. The quantitative estimate of drug-likeness (QED) is 0.363. The van der Waals surface area contributed by atoms with Gasteiger partial charge < -0.3 is 4.74 Å². The Bertz CT molecular complexity index is 872. The monoisotopic (exact) mass is 460 g/mol. The molecule has 0 radical (unpaired) electrons. The maximum atomic E-state index is 14.7. The van der Waals surface area contributed by atoms with E-state index in [0.717, 1.165) is 51.7 Å². The number of methoxy groups -OCH3 is 1. The largest absolute Gasteiger partial charge is 0.469 e. The van der Waals surface area contributed by atoms with Gasteiger partial charge in [-0.05, 0) is 50.3 Å². The Morgan fingerprint density at radius 1 is 1.22 bits per heavy atom. The van der Waals surface area contributed by atoms with E-state index < -0.39 is 6.04 Å². The molecule has 1 aromatic carbocycles. The van der Waals surface area contributed by atoms with Gasteiger partial charge in [0, 0.05) is 42.4 Å². The lowest BCUT2D eigenvalue weighted by Crippen LogP contribution is -2.43. The Balaban J connectivity index is 1.49. The van der Waals surface area contributed by atoms with Gasteiger partial charge in [0.1, 0.15) is 5.82 Å². The second-order valence-corrected chi connectivity index (χ2v) is 9.85. The van der Waals surface area contributed by atoms with Crippen LogP contribution in [0.1, 0.15) is 50.1 Å². The molecule has 1 saturated carbocycles. The lowest BCUT2D eigenvalue weighted by atomic mass is 9.93. The van der Waals surface area contributed by atoms with Gasteiger partial charge in [0.05, 0.1) is 19.6 Å². The molecule has 0 spiro atoms. The van der Waals surface area contributed by atoms with Crippen LogP contribution in [0.5, 0.6) is 0 Å². The maximum Gasteiger partial charge on any atom is 0.307 e.